The van der Waals surface area contributed by atoms with Gasteiger partial charge in [-0.15, -0.1) is 0 Å². The van der Waals surface area contributed by atoms with Gasteiger partial charge in [-0.25, -0.2) is 9.97 Å². The molecule has 4 heteroatoms. The molecule has 1 heterocycles. The predicted octanol–water partition coefficient (Wildman–Crippen LogP) is 3.95. The van der Waals surface area contributed by atoms with Crippen molar-refractivity contribution in [1.29, 1.82) is 0 Å². The third-order valence-electron chi connectivity index (χ3n) is 4.04. The van der Waals surface area contributed by atoms with Gasteiger partial charge in [0.25, 0.3) is 0 Å². The molecular formula is C17H29N3O. The van der Waals surface area contributed by atoms with Crippen molar-refractivity contribution in [2.75, 3.05) is 11.9 Å². The molecule has 0 saturated heterocycles. The molecule has 0 bridgehead atoms. The van der Waals surface area contributed by atoms with E-state index in [0.29, 0.717) is 12.7 Å². The van der Waals surface area contributed by atoms with E-state index in [1.807, 2.05) is 13.0 Å². The molecule has 0 aliphatic heterocycles. The highest BCUT2D eigenvalue weighted by atomic mass is 16.5. The van der Waals surface area contributed by atoms with Crippen LogP contribution in [0.25, 0.3) is 0 Å². The van der Waals surface area contributed by atoms with Gasteiger partial charge in [-0.05, 0) is 44.4 Å². The number of hydrogen-bond acceptors (Lipinski definition) is 4. The largest absolute Gasteiger partial charge is 0.370 e. The summed E-state index contributed by atoms with van der Waals surface area (Å²) in [7, 11) is 0. The van der Waals surface area contributed by atoms with E-state index < -0.39 is 0 Å². The van der Waals surface area contributed by atoms with Crippen LogP contribution in [0.4, 0.5) is 5.82 Å². The van der Waals surface area contributed by atoms with Gasteiger partial charge in [-0.3, -0.25) is 0 Å². The van der Waals surface area contributed by atoms with Gasteiger partial charge in [-0.1, -0.05) is 20.8 Å². The van der Waals surface area contributed by atoms with E-state index in [2.05, 4.69) is 36.1 Å². The predicted molar refractivity (Wildman–Crippen MR) is 86.3 cm³/mol. The molecule has 0 amide bonds. The van der Waals surface area contributed by atoms with Crippen molar-refractivity contribution in [3.05, 3.63) is 17.6 Å². The summed E-state index contributed by atoms with van der Waals surface area (Å²) in [4.78, 5) is 9.03. The van der Waals surface area contributed by atoms with Crippen LogP contribution in [0.3, 0.4) is 0 Å². The van der Waals surface area contributed by atoms with Crippen LogP contribution in [0.1, 0.15) is 58.0 Å². The minimum Gasteiger partial charge on any atom is -0.370 e. The van der Waals surface area contributed by atoms with E-state index >= 15 is 0 Å². The number of anilines is 1. The minimum atomic E-state index is 0.361. The number of rotatable bonds is 6. The van der Waals surface area contributed by atoms with Crippen molar-refractivity contribution in [3.8, 4) is 0 Å². The fraction of sp³-hybridized carbons (Fsp3) is 0.765. The molecule has 1 N–H and O–H groups in total. The van der Waals surface area contributed by atoms with Crippen LogP contribution >= 0.6 is 0 Å². The highest BCUT2D eigenvalue weighted by Crippen LogP contribution is 2.30. The van der Waals surface area contributed by atoms with Crippen molar-refractivity contribution >= 4 is 5.82 Å². The van der Waals surface area contributed by atoms with E-state index in [1.54, 1.807) is 0 Å². The maximum Gasteiger partial charge on any atom is 0.156 e. The third-order valence-corrected chi connectivity index (χ3v) is 4.04. The molecule has 1 saturated carbocycles. The zero-order valence-electron chi connectivity index (χ0n) is 13.9. The Morgan fingerprint density at radius 3 is 2.57 bits per heavy atom. The number of nitrogens with one attached hydrogen (secondary N) is 1. The fourth-order valence-electron chi connectivity index (χ4n) is 3.24. The number of aromatic nitrogens is 2. The average molecular weight is 291 g/mol. The Kier molecular flexibility index (Phi) is 5.97. The second-order valence-electron chi connectivity index (χ2n) is 6.59. The second kappa shape index (κ2) is 7.74. The summed E-state index contributed by atoms with van der Waals surface area (Å²) in [5.41, 5.74) is 0.993. The molecular weight excluding hydrogens is 262 g/mol. The Morgan fingerprint density at radius 1 is 1.19 bits per heavy atom. The molecule has 0 radical (unpaired) electrons. The summed E-state index contributed by atoms with van der Waals surface area (Å²) >= 11 is 0. The summed E-state index contributed by atoms with van der Waals surface area (Å²) in [6.45, 7) is 10.3. The summed E-state index contributed by atoms with van der Waals surface area (Å²) in [6, 6.07) is 1.99. The average Bonchev–Trinajstić information content (AvgIpc) is 2.41. The van der Waals surface area contributed by atoms with Crippen molar-refractivity contribution in [3.63, 3.8) is 0 Å². The first-order valence-corrected chi connectivity index (χ1v) is 8.26. The maximum atomic E-state index is 6.07. The molecule has 2 rings (SSSR count). The molecule has 1 fully saturated rings. The quantitative estimate of drug-likeness (QED) is 0.862. The highest BCUT2D eigenvalue weighted by molar-refractivity contribution is 5.35. The van der Waals surface area contributed by atoms with Gasteiger partial charge in [0, 0.05) is 18.3 Å². The van der Waals surface area contributed by atoms with Crippen LogP contribution in [0, 0.1) is 18.8 Å². The summed E-state index contributed by atoms with van der Waals surface area (Å²) in [5.74, 6) is 3.23. The van der Waals surface area contributed by atoms with Crippen LogP contribution in [-0.2, 0) is 11.3 Å². The molecule has 21 heavy (non-hydrogen) atoms. The van der Waals surface area contributed by atoms with Gasteiger partial charge in [-0.2, -0.15) is 0 Å². The first-order chi connectivity index (χ1) is 10.1. The summed E-state index contributed by atoms with van der Waals surface area (Å²) in [5, 5.41) is 3.32. The van der Waals surface area contributed by atoms with E-state index in [9.17, 15) is 0 Å². The Labute approximate surface area is 128 Å². The number of nitrogens with zero attached hydrogens (tertiary/aromatic N) is 2. The van der Waals surface area contributed by atoms with Gasteiger partial charge in [0.15, 0.2) is 5.82 Å². The summed E-state index contributed by atoms with van der Waals surface area (Å²) < 4.78 is 6.07. The Hall–Kier alpha value is -1.16. The molecule has 0 spiro atoms. The summed E-state index contributed by atoms with van der Waals surface area (Å²) in [6.07, 6.45) is 5.10. The first-order valence-electron chi connectivity index (χ1n) is 8.26. The van der Waals surface area contributed by atoms with Crippen LogP contribution in [-0.4, -0.2) is 22.6 Å². The lowest BCUT2D eigenvalue weighted by atomic mass is 9.82. The standard InChI is InChI=1S/C17H29N3O/c1-5-6-18-16-10-14(4)19-17(20-16)11-21-15-8-12(2)7-13(3)9-15/h10,12-13,15H,5-9,11H2,1-4H3,(H,18,19,20). The molecule has 2 atom stereocenters. The van der Waals surface area contributed by atoms with Gasteiger partial charge >= 0.3 is 0 Å². The monoisotopic (exact) mass is 291 g/mol. The van der Waals surface area contributed by atoms with Crippen LogP contribution in [0.2, 0.25) is 0 Å². The van der Waals surface area contributed by atoms with Gasteiger partial charge in [0.2, 0.25) is 0 Å². The molecule has 1 aromatic heterocycles. The Balaban J connectivity index is 1.91. The molecule has 4 nitrogen and oxygen atoms in total. The lowest BCUT2D eigenvalue weighted by molar-refractivity contribution is -0.0119. The fourth-order valence-corrected chi connectivity index (χ4v) is 3.24. The van der Waals surface area contributed by atoms with Crippen molar-refractivity contribution in [2.45, 2.75) is 66.1 Å². The molecule has 118 valence electrons. The first kappa shape index (κ1) is 16.2. The highest BCUT2D eigenvalue weighted by Gasteiger charge is 2.24. The molecule has 0 aromatic carbocycles. The maximum absolute atomic E-state index is 6.07. The molecule has 2 unspecified atom stereocenters. The molecule has 1 aliphatic rings. The lowest BCUT2D eigenvalue weighted by Crippen LogP contribution is -2.26. The third kappa shape index (κ3) is 5.27. The number of hydrogen-bond donors (Lipinski definition) is 1. The van der Waals surface area contributed by atoms with E-state index in [-0.39, 0.29) is 0 Å². The van der Waals surface area contributed by atoms with Crippen LogP contribution in [0.5, 0.6) is 0 Å². The lowest BCUT2D eigenvalue weighted by Gasteiger charge is -2.31. The normalized spacial score (nSPS) is 25.8. The van der Waals surface area contributed by atoms with Gasteiger partial charge in [0.1, 0.15) is 12.4 Å². The van der Waals surface area contributed by atoms with Crippen molar-refractivity contribution < 1.29 is 4.74 Å². The van der Waals surface area contributed by atoms with Crippen LogP contribution in [0.15, 0.2) is 6.07 Å². The number of ether oxygens (including phenoxy) is 1. The van der Waals surface area contributed by atoms with E-state index in [0.717, 1.165) is 55.0 Å². The Bertz CT molecular complexity index is 440. The zero-order valence-corrected chi connectivity index (χ0v) is 13.9. The van der Waals surface area contributed by atoms with E-state index in [4.69, 9.17) is 4.74 Å². The topological polar surface area (TPSA) is 47.0 Å². The van der Waals surface area contributed by atoms with E-state index in [1.165, 1.54) is 6.42 Å². The molecule has 1 aliphatic carbocycles. The van der Waals surface area contributed by atoms with Crippen molar-refractivity contribution in [2.24, 2.45) is 11.8 Å². The number of aryl methyl sites for hydroxylation is 1. The SMILES string of the molecule is CCCNc1cc(C)nc(COC2CC(C)CC(C)C2)n1. The smallest absolute Gasteiger partial charge is 0.156 e. The molecule has 1 aromatic rings. The van der Waals surface area contributed by atoms with Gasteiger partial charge < -0.3 is 10.1 Å². The zero-order chi connectivity index (χ0) is 15.2. The van der Waals surface area contributed by atoms with Crippen molar-refractivity contribution in [1.82, 2.24) is 9.97 Å². The Morgan fingerprint density at radius 2 is 1.90 bits per heavy atom. The van der Waals surface area contributed by atoms with Gasteiger partial charge in [0.05, 0.1) is 6.10 Å². The van der Waals surface area contributed by atoms with Crippen LogP contribution < -0.4 is 5.32 Å². The second-order valence-corrected chi connectivity index (χ2v) is 6.59. The minimum absolute atomic E-state index is 0.361.